The first-order chi connectivity index (χ1) is 18.7. The third kappa shape index (κ3) is 7.74. The van der Waals surface area contributed by atoms with Crippen molar-refractivity contribution in [3.63, 3.8) is 0 Å². The Morgan fingerprint density at radius 1 is 1.13 bits per heavy atom. The molecule has 208 valence electrons. The third-order valence-corrected chi connectivity index (χ3v) is 8.59. The maximum atomic E-state index is 13.1. The average Bonchev–Trinajstić information content (AvgIpc) is 3.67. The molecule has 1 amide bonds. The summed E-state index contributed by atoms with van der Waals surface area (Å²) < 4.78 is 46.6. The molecule has 13 heteroatoms. The van der Waals surface area contributed by atoms with E-state index in [9.17, 15) is 18.0 Å². The number of pyridine rings is 1. The van der Waals surface area contributed by atoms with Crippen molar-refractivity contribution >= 4 is 38.2 Å². The highest BCUT2D eigenvalue weighted by Crippen LogP contribution is 2.34. The number of thiazole rings is 1. The fraction of sp³-hybridized carbons (Fsp3) is 0.385. The van der Waals surface area contributed by atoms with Gasteiger partial charge < -0.3 is 18.9 Å². The second-order valence-electron chi connectivity index (χ2n) is 8.81. The van der Waals surface area contributed by atoms with Gasteiger partial charge in [-0.05, 0) is 51.0 Å². The van der Waals surface area contributed by atoms with Crippen molar-refractivity contribution in [2.75, 3.05) is 25.6 Å². The molecule has 1 aliphatic carbocycles. The number of esters is 1. The molecule has 1 N–H and O–H groups in total. The highest BCUT2D eigenvalue weighted by atomic mass is 32.2. The monoisotopic (exact) mass is 575 g/mol. The average molecular weight is 576 g/mol. The van der Waals surface area contributed by atoms with E-state index in [-0.39, 0.29) is 46.6 Å². The number of anilines is 1. The van der Waals surface area contributed by atoms with Crippen molar-refractivity contribution in [2.24, 2.45) is 0 Å². The number of sulfone groups is 1. The predicted octanol–water partition coefficient (Wildman–Crippen LogP) is 4.04. The van der Waals surface area contributed by atoms with Crippen molar-refractivity contribution in [2.45, 2.75) is 49.4 Å². The fourth-order valence-corrected chi connectivity index (χ4v) is 5.93. The Morgan fingerprint density at radius 2 is 1.85 bits per heavy atom. The Hall–Kier alpha value is -3.55. The van der Waals surface area contributed by atoms with Crippen LogP contribution in [-0.4, -0.2) is 61.9 Å². The predicted molar refractivity (Wildman–Crippen MR) is 143 cm³/mol. The molecule has 1 fully saturated rings. The zero-order valence-electron chi connectivity index (χ0n) is 21.7. The molecule has 0 radical (unpaired) electrons. The topological polar surface area (TPSA) is 143 Å². The molecular weight excluding hydrogens is 546 g/mol. The van der Waals surface area contributed by atoms with Gasteiger partial charge in [-0.25, -0.2) is 13.4 Å². The van der Waals surface area contributed by atoms with E-state index in [1.165, 1.54) is 35.6 Å². The molecule has 1 atom stereocenters. The van der Waals surface area contributed by atoms with E-state index in [2.05, 4.69) is 15.3 Å². The molecule has 1 aliphatic rings. The van der Waals surface area contributed by atoms with Gasteiger partial charge in [0.2, 0.25) is 11.8 Å². The summed E-state index contributed by atoms with van der Waals surface area (Å²) in [5.41, 5.74) is 0.673. The van der Waals surface area contributed by atoms with Crippen LogP contribution in [0.15, 0.2) is 46.7 Å². The molecule has 1 aromatic carbocycles. The number of aromatic nitrogens is 2. The first-order valence-electron chi connectivity index (χ1n) is 12.3. The fourth-order valence-electron chi connectivity index (χ4n) is 3.56. The first-order valence-corrected chi connectivity index (χ1v) is 14.7. The minimum atomic E-state index is -3.32. The quantitative estimate of drug-likeness (QED) is 0.297. The SMILES string of the molecule is CCOC(=O)Cc1csc(NC(=O)c2cc(Oc3ccc(S(=O)(=O)C4CC4)cc3)nc(O[C@H](C)COC)c2)n1. The van der Waals surface area contributed by atoms with Crippen LogP contribution in [0.1, 0.15) is 42.7 Å². The second kappa shape index (κ2) is 12.5. The van der Waals surface area contributed by atoms with Gasteiger partial charge in [-0.1, -0.05) is 0 Å². The molecule has 0 bridgehead atoms. The number of nitrogens with one attached hydrogen (secondary N) is 1. The van der Waals surface area contributed by atoms with Crippen LogP contribution in [0.2, 0.25) is 0 Å². The van der Waals surface area contributed by atoms with E-state index in [1.54, 1.807) is 38.5 Å². The van der Waals surface area contributed by atoms with Crippen molar-refractivity contribution in [3.05, 3.63) is 53.0 Å². The van der Waals surface area contributed by atoms with Gasteiger partial charge in [0.25, 0.3) is 5.91 Å². The van der Waals surface area contributed by atoms with Crippen LogP contribution in [0, 0.1) is 0 Å². The molecule has 3 aromatic rings. The lowest BCUT2D eigenvalue weighted by Crippen LogP contribution is -2.19. The number of carbonyl (C=O) groups excluding carboxylic acids is 2. The number of hydrogen-bond acceptors (Lipinski definition) is 11. The molecule has 39 heavy (non-hydrogen) atoms. The van der Waals surface area contributed by atoms with E-state index in [1.807, 2.05) is 0 Å². The number of amides is 1. The number of carbonyl (C=O) groups is 2. The number of benzene rings is 1. The summed E-state index contributed by atoms with van der Waals surface area (Å²) in [6.45, 7) is 4.09. The largest absolute Gasteiger partial charge is 0.472 e. The highest BCUT2D eigenvalue weighted by molar-refractivity contribution is 7.92. The van der Waals surface area contributed by atoms with Gasteiger partial charge in [-0.15, -0.1) is 11.3 Å². The molecule has 4 rings (SSSR count). The number of nitrogens with zero attached hydrogens (tertiary/aromatic N) is 2. The van der Waals surface area contributed by atoms with Crippen LogP contribution in [-0.2, 0) is 30.5 Å². The van der Waals surface area contributed by atoms with E-state index in [0.29, 0.717) is 36.0 Å². The lowest BCUT2D eigenvalue weighted by atomic mass is 10.2. The maximum Gasteiger partial charge on any atom is 0.311 e. The zero-order chi connectivity index (χ0) is 28.0. The van der Waals surface area contributed by atoms with Gasteiger partial charge in [0, 0.05) is 24.6 Å². The van der Waals surface area contributed by atoms with Crippen LogP contribution in [0.4, 0.5) is 5.13 Å². The first kappa shape index (κ1) is 28.5. The normalized spacial score (nSPS) is 13.9. The Morgan fingerprint density at radius 3 is 2.51 bits per heavy atom. The van der Waals surface area contributed by atoms with E-state index in [4.69, 9.17) is 18.9 Å². The summed E-state index contributed by atoms with van der Waals surface area (Å²) in [6.07, 6.45) is 1.00. The van der Waals surface area contributed by atoms with E-state index >= 15 is 0 Å². The van der Waals surface area contributed by atoms with Crippen LogP contribution in [0.25, 0.3) is 0 Å². The molecular formula is C26H29N3O8S2. The lowest BCUT2D eigenvalue weighted by Gasteiger charge is -2.15. The Bertz CT molecular complexity index is 1420. The van der Waals surface area contributed by atoms with Crippen molar-refractivity contribution in [1.82, 2.24) is 9.97 Å². The number of hydrogen-bond donors (Lipinski definition) is 1. The molecule has 11 nitrogen and oxygen atoms in total. The summed E-state index contributed by atoms with van der Waals surface area (Å²) in [4.78, 5) is 33.6. The Balaban J connectivity index is 1.52. The minimum Gasteiger partial charge on any atom is -0.472 e. The van der Waals surface area contributed by atoms with Gasteiger partial charge in [0.1, 0.15) is 11.9 Å². The standard InChI is InChI=1S/C26H29N3O8S2/c1-4-35-24(30)13-18-15-38-26(27-18)29-25(31)17-11-22(36-16(2)14-34-3)28-23(12-17)37-19-5-7-20(8-6-19)39(32,33)21-9-10-21/h5-8,11-12,15-16,21H,4,9-10,13-14H2,1-3H3,(H,27,29,31)/t16-/m1/s1. The summed E-state index contributed by atoms with van der Waals surface area (Å²) in [5.74, 6) is -0.343. The second-order valence-corrected chi connectivity index (χ2v) is 11.9. The molecule has 0 unspecified atom stereocenters. The van der Waals surface area contributed by atoms with E-state index < -0.39 is 21.7 Å². The van der Waals surface area contributed by atoms with Crippen molar-refractivity contribution in [1.29, 1.82) is 0 Å². The maximum absolute atomic E-state index is 13.1. The van der Waals surface area contributed by atoms with Crippen LogP contribution < -0.4 is 14.8 Å². The third-order valence-electron chi connectivity index (χ3n) is 5.50. The number of methoxy groups -OCH3 is 1. The van der Waals surface area contributed by atoms with Gasteiger partial charge in [0.05, 0.1) is 41.0 Å². The van der Waals surface area contributed by atoms with Gasteiger partial charge in [-0.3, -0.25) is 14.9 Å². The van der Waals surface area contributed by atoms with Crippen LogP contribution in [0.5, 0.6) is 17.5 Å². The molecule has 2 heterocycles. The minimum absolute atomic E-state index is 0.00355. The molecule has 0 aliphatic heterocycles. The van der Waals surface area contributed by atoms with Crippen LogP contribution in [0.3, 0.4) is 0 Å². The molecule has 1 saturated carbocycles. The Labute approximate surface area is 230 Å². The highest BCUT2D eigenvalue weighted by Gasteiger charge is 2.36. The lowest BCUT2D eigenvalue weighted by molar-refractivity contribution is -0.142. The summed E-state index contributed by atoms with van der Waals surface area (Å²) >= 11 is 1.18. The smallest absolute Gasteiger partial charge is 0.311 e. The van der Waals surface area contributed by atoms with Gasteiger partial charge in [-0.2, -0.15) is 4.98 Å². The van der Waals surface area contributed by atoms with Crippen LogP contribution >= 0.6 is 11.3 Å². The summed E-state index contributed by atoms with van der Waals surface area (Å²) in [5, 5.41) is 4.37. The summed E-state index contributed by atoms with van der Waals surface area (Å²) in [7, 11) is -1.78. The van der Waals surface area contributed by atoms with E-state index in [0.717, 1.165) is 0 Å². The van der Waals surface area contributed by atoms with Gasteiger partial charge >= 0.3 is 5.97 Å². The molecule has 0 spiro atoms. The summed E-state index contributed by atoms with van der Waals surface area (Å²) in [6, 6.07) is 8.97. The van der Waals surface area contributed by atoms with Crippen molar-refractivity contribution in [3.8, 4) is 17.5 Å². The zero-order valence-corrected chi connectivity index (χ0v) is 23.3. The van der Waals surface area contributed by atoms with Crippen molar-refractivity contribution < 1.29 is 37.0 Å². The van der Waals surface area contributed by atoms with Gasteiger partial charge in [0.15, 0.2) is 15.0 Å². The Kier molecular flexibility index (Phi) is 9.15. The number of rotatable bonds is 13. The molecule has 2 aromatic heterocycles. The number of ether oxygens (including phenoxy) is 4. The molecule has 0 saturated heterocycles.